The molecule has 1 aromatic carbocycles. The normalized spacial score (nSPS) is 9.23. The average Bonchev–Trinajstić information content (AvgIpc) is 2.08. The van der Waals surface area contributed by atoms with Crippen molar-refractivity contribution in [3.05, 3.63) is 52.6 Å². The van der Waals surface area contributed by atoms with Gasteiger partial charge in [-0.25, -0.2) is 10.1 Å². The highest BCUT2D eigenvalue weighted by Crippen LogP contribution is 2.15. The Balaban J connectivity index is 2.90. The van der Waals surface area contributed by atoms with Crippen LogP contribution in [0.15, 0.2) is 36.9 Å². The molecule has 0 radical (unpaired) electrons. The largest absolute Gasteiger partial charge is 0.235 e. The standard InChI is InChI=1S/C9H10N2O2/c1-2-5-8-6-3-4-7-9(8)10-11(12)13/h2-4,6-7,10H,1,5H2. The molecule has 0 amide bonds. The number of hydrogen-bond acceptors (Lipinski definition) is 2. The maximum absolute atomic E-state index is 10.2. The molecule has 0 aliphatic heterocycles. The molecule has 1 N–H and O–H groups in total. The average molecular weight is 178 g/mol. The highest BCUT2D eigenvalue weighted by atomic mass is 16.7. The van der Waals surface area contributed by atoms with E-state index in [0.29, 0.717) is 12.1 Å². The van der Waals surface area contributed by atoms with E-state index in [-0.39, 0.29) is 0 Å². The van der Waals surface area contributed by atoms with Crippen LogP contribution in [0.25, 0.3) is 0 Å². The number of para-hydroxylation sites is 1. The summed E-state index contributed by atoms with van der Waals surface area (Å²) in [5.41, 5.74) is 3.52. The second kappa shape index (κ2) is 4.25. The number of hydrazine groups is 1. The van der Waals surface area contributed by atoms with Crippen LogP contribution < -0.4 is 5.43 Å². The molecule has 4 heteroatoms. The second-order valence-electron chi connectivity index (χ2n) is 2.52. The molecule has 0 atom stereocenters. The minimum Gasteiger partial charge on any atom is -0.235 e. The van der Waals surface area contributed by atoms with E-state index in [1.807, 2.05) is 12.1 Å². The van der Waals surface area contributed by atoms with Gasteiger partial charge in [-0.2, -0.15) is 0 Å². The van der Waals surface area contributed by atoms with Crippen LogP contribution in [0, 0.1) is 10.1 Å². The van der Waals surface area contributed by atoms with Crippen LogP contribution >= 0.6 is 0 Å². The van der Waals surface area contributed by atoms with Gasteiger partial charge in [-0.15, -0.1) is 12.0 Å². The topological polar surface area (TPSA) is 55.2 Å². The van der Waals surface area contributed by atoms with Crippen LogP contribution in [0.5, 0.6) is 0 Å². The van der Waals surface area contributed by atoms with E-state index in [2.05, 4.69) is 12.0 Å². The third kappa shape index (κ3) is 2.59. The molecule has 0 bridgehead atoms. The van der Waals surface area contributed by atoms with Crippen LogP contribution in [0.4, 0.5) is 5.69 Å². The molecule has 0 spiro atoms. The summed E-state index contributed by atoms with van der Waals surface area (Å²) in [4.78, 5) is 10.2. The van der Waals surface area contributed by atoms with E-state index >= 15 is 0 Å². The molecule has 0 saturated heterocycles. The van der Waals surface area contributed by atoms with Crippen LogP contribution in [0.2, 0.25) is 0 Å². The highest BCUT2D eigenvalue weighted by molar-refractivity contribution is 5.49. The number of rotatable bonds is 4. The summed E-state index contributed by atoms with van der Waals surface area (Å²) in [7, 11) is 0. The Kier molecular flexibility index (Phi) is 3.03. The van der Waals surface area contributed by atoms with E-state index in [1.165, 1.54) is 0 Å². The predicted molar refractivity (Wildman–Crippen MR) is 51.0 cm³/mol. The molecular weight excluding hydrogens is 168 g/mol. The van der Waals surface area contributed by atoms with Crippen molar-refractivity contribution >= 4 is 5.69 Å². The summed E-state index contributed by atoms with van der Waals surface area (Å²) >= 11 is 0. The van der Waals surface area contributed by atoms with Crippen LogP contribution in [-0.2, 0) is 6.42 Å². The molecule has 0 heterocycles. The van der Waals surface area contributed by atoms with E-state index in [4.69, 9.17) is 0 Å². The van der Waals surface area contributed by atoms with Crippen molar-refractivity contribution in [2.45, 2.75) is 6.42 Å². The van der Waals surface area contributed by atoms with Gasteiger partial charge in [0.15, 0.2) is 5.03 Å². The molecule has 0 aliphatic carbocycles. The van der Waals surface area contributed by atoms with Crippen molar-refractivity contribution in [3.8, 4) is 0 Å². The van der Waals surface area contributed by atoms with Crippen molar-refractivity contribution in [1.82, 2.24) is 0 Å². The summed E-state index contributed by atoms with van der Waals surface area (Å²) < 4.78 is 0. The number of nitro groups is 1. The first-order valence-corrected chi connectivity index (χ1v) is 3.84. The molecule has 0 aliphatic rings. The molecule has 0 fully saturated rings. The Morgan fingerprint density at radius 3 is 2.85 bits per heavy atom. The van der Waals surface area contributed by atoms with Crippen LogP contribution in [0.3, 0.4) is 0 Å². The third-order valence-corrected chi connectivity index (χ3v) is 1.59. The zero-order valence-corrected chi connectivity index (χ0v) is 7.06. The lowest BCUT2D eigenvalue weighted by molar-refractivity contribution is -0.445. The summed E-state index contributed by atoms with van der Waals surface area (Å²) in [5.74, 6) is 0. The quantitative estimate of drug-likeness (QED) is 0.436. The number of hydrogen-bond donors (Lipinski definition) is 1. The van der Waals surface area contributed by atoms with Gasteiger partial charge in [0.05, 0.1) is 0 Å². The van der Waals surface area contributed by atoms with E-state index in [1.54, 1.807) is 18.2 Å². The van der Waals surface area contributed by atoms with Gasteiger partial charge in [-0.05, 0) is 18.1 Å². The van der Waals surface area contributed by atoms with Gasteiger partial charge in [0.2, 0.25) is 0 Å². The lowest BCUT2D eigenvalue weighted by atomic mass is 10.1. The fourth-order valence-corrected chi connectivity index (χ4v) is 1.06. The second-order valence-corrected chi connectivity index (χ2v) is 2.52. The van der Waals surface area contributed by atoms with E-state index in [9.17, 15) is 10.1 Å². The van der Waals surface area contributed by atoms with Crippen LogP contribution in [0.1, 0.15) is 5.56 Å². The van der Waals surface area contributed by atoms with Gasteiger partial charge in [0.25, 0.3) is 0 Å². The molecule has 68 valence electrons. The monoisotopic (exact) mass is 178 g/mol. The SMILES string of the molecule is C=CCc1ccccc1N[N+](=O)[O-]. The van der Waals surface area contributed by atoms with E-state index < -0.39 is 5.03 Å². The summed E-state index contributed by atoms with van der Waals surface area (Å²) in [6.45, 7) is 3.58. The Bertz CT molecular complexity index is 323. The summed E-state index contributed by atoms with van der Waals surface area (Å²) in [5, 5.41) is 9.63. The van der Waals surface area contributed by atoms with Crippen molar-refractivity contribution in [1.29, 1.82) is 0 Å². The number of nitrogens with zero attached hydrogens (tertiary/aromatic N) is 1. The number of nitrogens with one attached hydrogen (secondary N) is 1. The smallest absolute Gasteiger partial charge is 0.162 e. The molecule has 0 aromatic heterocycles. The van der Waals surface area contributed by atoms with Gasteiger partial charge in [0, 0.05) is 0 Å². The Morgan fingerprint density at radius 1 is 1.54 bits per heavy atom. The molecule has 0 unspecified atom stereocenters. The zero-order chi connectivity index (χ0) is 9.68. The van der Waals surface area contributed by atoms with Gasteiger partial charge in [0.1, 0.15) is 5.69 Å². The van der Waals surface area contributed by atoms with Gasteiger partial charge in [-0.3, -0.25) is 0 Å². The summed E-state index contributed by atoms with van der Waals surface area (Å²) in [6.07, 6.45) is 2.33. The van der Waals surface area contributed by atoms with Gasteiger partial charge in [-0.1, -0.05) is 24.3 Å². The van der Waals surface area contributed by atoms with Crippen molar-refractivity contribution in [2.75, 3.05) is 5.43 Å². The fourth-order valence-electron chi connectivity index (χ4n) is 1.06. The number of anilines is 1. The first kappa shape index (κ1) is 9.25. The fraction of sp³-hybridized carbons (Fsp3) is 0.111. The summed E-state index contributed by atoms with van der Waals surface area (Å²) in [6, 6.07) is 7.08. The minimum absolute atomic E-state index is 0.521. The molecule has 1 rings (SSSR count). The molecule has 1 aromatic rings. The first-order chi connectivity index (χ1) is 6.24. The Morgan fingerprint density at radius 2 is 2.23 bits per heavy atom. The first-order valence-electron chi connectivity index (χ1n) is 3.84. The van der Waals surface area contributed by atoms with Gasteiger partial charge < -0.3 is 0 Å². The minimum atomic E-state index is -0.568. The van der Waals surface area contributed by atoms with E-state index in [0.717, 1.165) is 5.56 Å². The molecule has 13 heavy (non-hydrogen) atoms. The molecule has 4 nitrogen and oxygen atoms in total. The lowest BCUT2D eigenvalue weighted by Gasteiger charge is -2.02. The maximum Gasteiger partial charge on any atom is 0.162 e. The number of benzene rings is 1. The van der Waals surface area contributed by atoms with Crippen molar-refractivity contribution < 1.29 is 5.03 Å². The zero-order valence-electron chi connectivity index (χ0n) is 7.06. The van der Waals surface area contributed by atoms with Gasteiger partial charge >= 0.3 is 0 Å². The highest BCUT2D eigenvalue weighted by Gasteiger charge is 2.03. The van der Waals surface area contributed by atoms with Crippen molar-refractivity contribution in [2.24, 2.45) is 0 Å². The molecule has 0 saturated carbocycles. The van der Waals surface area contributed by atoms with Crippen LogP contribution in [-0.4, -0.2) is 5.03 Å². The third-order valence-electron chi connectivity index (χ3n) is 1.59. The maximum atomic E-state index is 10.2. The predicted octanol–water partition coefficient (Wildman–Crippen LogP) is 2.02. The Labute approximate surface area is 76.0 Å². The Hall–Kier alpha value is -1.84. The molecular formula is C9H10N2O2. The number of allylic oxidation sites excluding steroid dienone is 1. The lowest BCUT2D eigenvalue weighted by Crippen LogP contribution is -2.09. The van der Waals surface area contributed by atoms with Crippen molar-refractivity contribution in [3.63, 3.8) is 0 Å².